The van der Waals surface area contributed by atoms with Crippen molar-refractivity contribution in [1.29, 1.82) is 0 Å². The summed E-state index contributed by atoms with van der Waals surface area (Å²) >= 11 is 2.19. The summed E-state index contributed by atoms with van der Waals surface area (Å²) in [6.07, 6.45) is 0. The fourth-order valence-electron chi connectivity index (χ4n) is 1.61. The molecule has 4 aromatic rings. The average Bonchev–Trinajstić information content (AvgIpc) is 3.08. The van der Waals surface area contributed by atoms with Gasteiger partial charge in [-0.3, -0.25) is 0 Å². The molecule has 88 valence electrons. The Labute approximate surface area is 115 Å². The van der Waals surface area contributed by atoms with Crippen LogP contribution in [0, 0.1) is 0 Å². The standard InChI is InChI=1S/C7H5NS.C7H5NSe/c2*1-2-4-7-6(3-1)8-5-9-7/h2*1-5H. The minimum Gasteiger partial charge on any atom is -0.245 e. The molecule has 0 saturated carbocycles. The molecule has 4 rings (SSSR count). The minimum atomic E-state index is 0.511. The van der Waals surface area contributed by atoms with E-state index in [1.54, 1.807) is 11.3 Å². The molecule has 0 saturated heterocycles. The van der Waals surface area contributed by atoms with E-state index in [-0.39, 0.29) is 0 Å². The van der Waals surface area contributed by atoms with Crippen LogP contribution < -0.4 is 0 Å². The van der Waals surface area contributed by atoms with Crippen LogP contribution >= 0.6 is 11.3 Å². The summed E-state index contributed by atoms with van der Waals surface area (Å²) in [6, 6.07) is 16.4. The van der Waals surface area contributed by atoms with E-state index in [0.717, 1.165) is 11.0 Å². The van der Waals surface area contributed by atoms with Gasteiger partial charge in [-0.05, 0) is 12.1 Å². The Hall–Kier alpha value is -1.48. The SMILES string of the molecule is c1ccc2[se]cnc2c1.c1ccc2scnc2c1. The third-order valence-corrected chi connectivity index (χ3v) is 4.98. The van der Waals surface area contributed by atoms with Crippen molar-refractivity contribution in [3.63, 3.8) is 0 Å². The monoisotopic (exact) mass is 318 g/mol. The molecular formula is C14H10N2SSe. The molecule has 18 heavy (non-hydrogen) atoms. The van der Waals surface area contributed by atoms with Gasteiger partial charge in [0.1, 0.15) is 0 Å². The second kappa shape index (κ2) is 5.44. The Morgan fingerprint density at radius 1 is 0.833 bits per heavy atom. The maximum Gasteiger partial charge on any atom is 0.0812 e. The average molecular weight is 317 g/mol. The number of hydrogen-bond acceptors (Lipinski definition) is 3. The van der Waals surface area contributed by atoms with E-state index in [9.17, 15) is 0 Å². The van der Waals surface area contributed by atoms with Crippen LogP contribution in [0.5, 0.6) is 0 Å². The van der Waals surface area contributed by atoms with Gasteiger partial charge in [-0.2, -0.15) is 0 Å². The van der Waals surface area contributed by atoms with E-state index >= 15 is 0 Å². The molecule has 0 aliphatic heterocycles. The van der Waals surface area contributed by atoms with Gasteiger partial charge in [0.05, 0.1) is 15.7 Å². The first-order valence-electron chi connectivity index (χ1n) is 5.50. The molecule has 0 aliphatic carbocycles. The van der Waals surface area contributed by atoms with Crippen LogP contribution in [0.15, 0.2) is 59.1 Å². The van der Waals surface area contributed by atoms with Gasteiger partial charge in [0.2, 0.25) is 0 Å². The van der Waals surface area contributed by atoms with Crippen LogP contribution in [0.25, 0.3) is 20.0 Å². The van der Waals surface area contributed by atoms with Gasteiger partial charge < -0.3 is 0 Å². The third kappa shape index (κ3) is 2.51. The molecular weight excluding hydrogens is 307 g/mol. The molecule has 0 atom stereocenters. The van der Waals surface area contributed by atoms with Crippen LogP contribution in [0.1, 0.15) is 0 Å². The Kier molecular flexibility index (Phi) is 3.51. The predicted molar refractivity (Wildman–Crippen MR) is 78.3 cm³/mol. The molecule has 0 bridgehead atoms. The molecule has 0 spiro atoms. The molecule has 0 unspecified atom stereocenters. The fraction of sp³-hybridized carbons (Fsp3) is 0. The summed E-state index contributed by atoms with van der Waals surface area (Å²) in [5.41, 5.74) is 4.13. The Balaban J connectivity index is 0.000000111. The number of para-hydroxylation sites is 2. The maximum atomic E-state index is 4.20. The first-order valence-corrected chi connectivity index (χ1v) is 8.22. The van der Waals surface area contributed by atoms with Crippen LogP contribution in [0.2, 0.25) is 0 Å². The smallest absolute Gasteiger partial charge is 0.0812 e. The Bertz CT molecular complexity index is 634. The number of thiazole rings is 1. The van der Waals surface area contributed by atoms with Gasteiger partial charge in [-0.15, -0.1) is 11.3 Å². The van der Waals surface area contributed by atoms with Gasteiger partial charge in [0.15, 0.2) is 0 Å². The van der Waals surface area contributed by atoms with E-state index in [4.69, 9.17) is 0 Å². The van der Waals surface area contributed by atoms with Gasteiger partial charge in [0.25, 0.3) is 0 Å². The van der Waals surface area contributed by atoms with Crippen molar-refractivity contribution in [2.75, 3.05) is 0 Å². The van der Waals surface area contributed by atoms with E-state index in [1.807, 2.05) is 34.8 Å². The molecule has 0 fully saturated rings. The first kappa shape index (κ1) is 11.6. The summed E-state index contributed by atoms with van der Waals surface area (Å²) in [5, 5.41) is 2.01. The fourth-order valence-corrected chi connectivity index (χ4v) is 3.71. The third-order valence-electron chi connectivity index (χ3n) is 2.47. The van der Waals surface area contributed by atoms with Crippen LogP contribution in [-0.4, -0.2) is 24.5 Å². The zero-order valence-electron chi connectivity index (χ0n) is 9.48. The Morgan fingerprint density at radius 2 is 1.61 bits per heavy atom. The molecule has 2 aromatic carbocycles. The van der Waals surface area contributed by atoms with Crippen LogP contribution in [0.4, 0.5) is 0 Å². The van der Waals surface area contributed by atoms with Crippen molar-refractivity contribution in [3.8, 4) is 0 Å². The van der Waals surface area contributed by atoms with Gasteiger partial charge in [-0.1, -0.05) is 12.1 Å². The molecule has 0 aliphatic rings. The maximum absolute atomic E-state index is 4.20. The van der Waals surface area contributed by atoms with Gasteiger partial charge in [0, 0.05) is 0 Å². The zero-order chi connectivity index (χ0) is 12.2. The number of aromatic nitrogens is 2. The topological polar surface area (TPSA) is 25.8 Å². The molecule has 0 N–H and O–H groups in total. The molecule has 2 heterocycles. The van der Waals surface area contributed by atoms with Crippen molar-refractivity contribution in [3.05, 3.63) is 59.1 Å². The zero-order valence-corrected chi connectivity index (χ0v) is 12.0. The van der Waals surface area contributed by atoms with Crippen molar-refractivity contribution < 1.29 is 0 Å². The van der Waals surface area contributed by atoms with E-state index in [0.29, 0.717) is 14.5 Å². The largest absolute Gasteiger partial charge is 0.245 e. The molecule has 0 amide bonds. The first-order chi connectivity index (χ1) is 8.93. The minimum absolute atomic E-state index is 0.511. The summed E-state index contributed by atoms with van der Waals surface area (Å²) in [4.78, 5) is 8.34. The summed E-state index contributed by atoms with van der Waals surface area (Å²) in [7, 11) is 0. The summed E-state index contributed by atoms with van der Waals surface area (Å²) in [5.74, 6) is 0. The Morgan fingerprint density at radius 3 is 2.44 bits per heavy atom. The van der Waals surface area contributed by atoms with Gasteiger partial charge in [-0.25, -0.2) is 4.98 Å². The van der Waals surface area contributed by atoms with E-state index in [2.05, 4.69) is 34.2 Å². The van der Waals surface area contributed by atoms with Crippen LogP contribution in [-0.2, 0) is 0 Å². The quantitative estimate of drug-likeness (QED) is 0.463. The van der Waals surface area contributed by atoms with E-state index in [1.165, 1.54) is 8.96 Å². The molecule has 0 radical (unpaired) electrons. The number of benzene rings is 2. The predicted octanol–water partition coefficient (Wildman–Crippen LogP) is 3.59. The second-order valence-electron chi connectivity index (χ2n) is 3.64. The number of fused-ring (bicyclic) bond motifs is 2. The number of hydrogen-bond donors (Lipinski definition) is 0. The van der Waals surface area contributed by atoms with Crippen molar-refractivity contribution in [1.82, 2.24) is 9.97 Å². The second-order valence-corrected chi connectivity index (χ2v) is 6.39. The number of nitrogens with zero attached hydrogens (tertiary/aromatic N) is 2. The summed E-state index contributed by atoms with van der Waals surface area (Å²) in [6.45, 7) is 0. The van der Waals surface area contributed by atoms with Crippen LogP contribution in [0.3, 0.4) is 0 Å². The van der Waals surface area contributed by atoms with E-state index < -0.39 is 0 Å². The molecule has 2 aromatic heterocycles. The van der Waals surface area contributed by atoms with Crippen molar-refractivity contribution in [2.24, 2.45) is 0 Å². The van der Waals surface area contributed by atoms with Crippen molar-refractivity contribution in [2.45, 2.75) is 0 Å². The number of rotatable bonds is 0. The van der Waals surface area contributed by atoms with Gasteiger partial charge >= 0.3 is 58.6 Å². The normalized spacial score (nSPS) is 10.2. The van der Waals surface area contributed by atoms with Crippen molar-refractivity contribution >= 4 is 45.8 Å². The molecule has 4 heteroatoms. The summed E-state index contributed by atoms with van der Waals surface area (Å²) < 4.78 is 2.67. The molecule has 2 nitrogen and oxygen atoms in total.